The smallest absolute Gasteiger partial charge is 0.280 e. The summed E-state index contributed by atoms with van der Waals surface area (Å²) in [6.07, 6.45) is 1.50. The highest BCUT2D eigenvalue weighted by molar-refractivity contribution is 9.10. The largest absolute Gasteiger partial charge is 0.497 e. The maximum absolute atomic E-state index is 13.2. The molecule has 3 aromatic carbocycles. The first-order valence-corrected chi connectivity index (χ1v) is 10.5. The summed E-state index contributed by atoms with van der Waals surface area (Å²) in [5, 5.41) is 6.05. The lowest BCUT2D eigenvalue weighted by Gasteiger charge is -2.14. The predicted octanol–water partition coefficient (Wildman–Crippen LogP) is 5.89. The molecule has 150 valence electrons. The van der Waals surface area contributed by atoms with Gasteiger partial charge >= 0.3 is 0 Å². The zero-order chi connectivity index (χ0) is 21.1. The van der Waals surface area contributed by atoms with Gasteiger partial charge in [-0.1, -0.05) is 45.5 Å². The third-order valence-electron chi connectivity index (χ3n) is 4.22. The number of thiazole rings is 1. The molecule has 0 spiro atoms. The van der Waals surface area contributed by atoms with E-state index in [4.69, 9.17) is 4.74 Å². The SMILES string of the molecule is COc1ccc2nc(N(/N=C/c3ccc(F)cc3)C(=O)c3cccc(Br)c3)sc2c1. The number of nitrogens with zero attached hydrogens (tertiary/aromatic N) is 3. The Balaban J connectivity index is 1.76. The topological polar surface area (TPSA) is 54.8 Å². The van der Waals surface area contributed by atoms with Crippen LogP contribution in [0.1, 0.15) is 15.9 Å². The number of amides is 1. The van der Waals surface area contributed by atoms with Crippen molar-refractivity contribution in [2.24, 2.45) is 5.10 Å². The summed E-state index contributed by atoms with van der Waals surface area (Å²) in [6, 6.07) is 18.4. The Morgan fingerprint density at radius 1 is 1.17 bits per heavy atom. The van der Waals surface area contributed by atoms with Crippen molar-refractivity contribution in [1.82, 2.24) is 4.98 Å². The molecular weight excluding hydrogens is 469 g/mol. The molecule has 0 N–H and O–H groups in total. The van der Waals surface area contributed by atoms with E-state index < -0.39 is 0 Å². The number of benzene rings is 3. The number of hydrazone groups is 1. The summed E-state index contributed by atoms with van der Waals surface area (Å²) in [6.45, 7) is 0. The monoisotopic (exact) mass is 483 g/mol. The highest BCUT2D eigenvalue weighted by atomic mass is 79.9. The van der Waals surface area contributed by atoms with Crippen molar-refractivity contribution in [2.75, 3.05) is 12.1 Å². The average molecular weight is 484 g/mol. The summed E-state index contributed by atoms with van der Waals surface area (Å²) in [4.78, 5) is 17.8. The fourth-order valence-corrected chi connectivity index (χ4v) is 4.07. The number of anilines is 1. The molecule has 0 fully saturated rings. The first kappa shape index (κ1) is 20.2. The van der Waals surface area contributed by atoms with Gasteiger partial charge in [0.15, 0.2) is 0 Å². The van der Waals surface area contributed by atoms with Crippen LogP contribution in [0.5, 0.6) is 5.75 Å². The summed E-state index contributed by atoms with van der Waals surface area (Å²) in [7, 11) is 1.60. The van der Waals surface area contributed by atoms with Crippen molar-refractivity contribution >= 4 is 54.7 Å². The number of hydrogen-bond acceptors (Lipinski definition) is 5. The fourth-order valence-electron chi connectivity index (χ4n) is 2.72. The summed E-state index contributed by atoms with van der Waals surface area (Å²) in [5.41, 5.74) is 1.85. The summed E-state index contributed by atoms with van der Waals surface area (Å²) in [5.74, 6) is 0.0346. The number of halogens is 2. The van der Waals surface area contributed by atoms with E-state index in [1.807, 2.05) is 24.3 Å². The minimum atomic E-state index is -0.339. The van der Waals surface area contributed by atoms with Crippen molar-refractivity contribution in [3.05, 3.63) is 88.1 Å². The quantitative estimate of drug-likeness (QED) is 0.262. The second-order valence-electron chi connectivity index (χ2n) is 6.25. The van der Waals surface area contributed by atoms with Crippen LogP contribution in [-0.2, 0) is 0 Å². The van der Waals surface area contributed by atoms with Crippen molar-refractivity contribution in [3.63, 3.8) is 0 Å². The zero-order valence-corrected chi connectivity index (χ0v) is 18.2. The van der Waals surface area contributed by atoms with Gasteiger partial charge < -0.3 is 4.74 Å². The lowest BCUT2D eigenvalue weighted by molar-refractivity contribution is 0.0988. The van der Waals surface area contributed by atoms with Gasteiger partial charge in [0.1, 0.15) is 11.6 Å². The summed E-state index contributed by atoms with van der Waals surface area (Å²) < 4.78 is 20.1. The van der Waals surface area contributed by atoms with Crippen molar-refractivity contribution < 1.29 is 13.9 Å². The second kappa shape index (κ2) is 8.73. The molecule has 0 radical (unpaired) electrons. The van der Waals surface area contributed by atoms with Gasteiger partial charge in [0, 0.05) is 10.0 Å². The lowest BCUT2D eigenvalue weighted by Crippen LogP contribution is -2.25. The third kappa shape index (κ3) is 4.39. The maximum Gasteiger partial charge on any atom is 0.280 e. The van der Waals surface area contributed by atoms with Gasteiger partial charge in [0.25, 0.3) is 5.91 Å². The Bertz CT molecular complexity index is 1240. The van der Waals surface area contributed by atoms with Gasteiger partial charge in [-0.05, 0) is 54.1 Å². The summed E-state index contributed by atoms with van der Waals surface area (Å²) >= 11 is 4.72. The third-order valence-corrected chi connectivity index (χ3v) is 5.71. The fraction of sp³-hybridized carbons (Fsp3) is 0.0455. The standard InChI is InChI=1S/C22H15BrFN3O2S/c1-29-18-9-10-19-20(12-18)30-22(26-19)27(21(28)15-3-2-4-16(23)11-15)25-13-14-5-7-17(24)8-6-14/h2-13H,1H3/b25-13+. The number of ether oxygens (including phenoxy) is 1. The van der Waals surface area contributed by atoms with Crippen LogP contribution < -0.4 is 9.75 Å². The van der Waals surface area contributed by atoms with Gasteiger partial charge in [-0.2, -0.15) is 10.1 Å². The molecule has 1 aromatic heterocycles. The highest BCUT2D eigenvalue weighted by Gasteiger charge is 2.21. The molecule has 0 saturated carbocycles. The first-order valence-electron chi connectivity index (χ1n) is 8.87. The molecule has 30 heavy (non-hydrogen) atoms. The van der Waals surface area contributed by atoms with Crippen LogP contribution >= 0.6 is 27.3 Å². The van der Waals surface area contributed by atoms with Gasteiger partial charge in [-0.25, -0.2) is 9.37 Å². The predicted molar refractivity (Wildman–Crippen MR) is 121 cm³/mol. The molecule has 0 atom stereocenters. The highest BCUT2D eigenvalue weighted by Crippen LogP contribution is 2.32. The molecule has 1 amide bonds. The Kier molecular flexibility index (Phi) is 5.87. The van der Waals surface area contributed by atoms with E-state index in [9.17, 15) is 9.18 Å². The van der Waals surface area contributed by atoms with E-state index in [1.54, 1.807) is 37.4 Å². The zero-order valence-electron chi connectivity index (χ0n) is 15.8. The van der Waals surface area contributed by atoms with Gasteiger partial charge in [-0.3, -0.25) is 4.79 Å². The molecule has 0 bridgehead atoms. The number of fused-ring (bicyclic) bond motifs is 1. The molecule has 1 heterocycles. The molecule has 4 aromatic rings. The van der Waals surface area contributed by atoms with Crippen LogP contribution in [-0.4, -0.2) is 24.2 Å². The van der Waals surface area contributed by atoms with E-state index in [0.29, 0.717) is 22.0 Å². The molecule has 8 heteroatoms. The van der Waals surface area contributed by atoms with E-state index in [1.165, 1.54) is 34.7 Å². The minimum Gasteiger partial charge on any atom is -0.497 e. The normalized spacial score (nSPS) is 11.2. The Morgan fingerprint density at radius 3 is 2.70 bits per heavy atom. The maximum atomic E-state index is 13.2. The Hall–Kier alpha value is -3.10. The molecule has 5 nitrogen and oxygen atoms in total. The van der Waals surface area contributed by atoms with Crippen molar-refractivity contribution in [3.8, 4) is 5.75 Å². The molecule has 0 unspecified atom stereocenters. The Morgan fingerprint density at radius 2 is 1.97 bits per heavy atom. The number of aromatic nitrogens is 1. The number of rotatable bonds is 5. The van der Waals surface area contributed by atoms with E-state index in [2.05, 4.69) is 26.0 Å². The minimum absolute atomic E-state index is 0.333. The van der Waals surface area contributed by atoms with Gasteiger partial charge in [0.05, 0.1) is 23.5 Å². The van der Waals surface area contributed by atoms with Crippen molar-refractivity contribution in [1.29, 1.82) is 0 Å². The van der Waals surface area contributed by atoms with E-state index >= 15 is 0 Å². The number of methoxy groups -OCH3 is 1. The lowest BCUT2D eigenvalue weighted by atomic mass is 10.2. The van der Waals surface area contributed by atoms with Crippen LogP contribution in [0, 0.1) is 5.82 Å². The second-order valence-corrected chi connectivity index (χ2v) is 8.18. The van der Waals surface area contributed by atoms with Crippen LogP contribution in [0.15, 0.2) is 76.3 Å². The molecule has 0 aliphatic heterocycles. The molecular formula is C22H15BrFN3O2S. The molecule has 0 aliphatic rings. The van der Waals surface area contributed by atoms with Gasteiger partial charge in [-0.15, -0.1) is 0 Å². The van der Waals surface area contributed by atoms with Crippen LogP contribution in [0.25, 0.3) is 10.2 Å². The van der Waals surface area contributed by atoms with E-state index in [-0.39, 0.29) is 11.7 Å². The van der Waals surface area contributed by atoms with Crippen LogP contribution in [0.2, 0.25) is 0 Å². The number of carbonyl (C=O) groups excluding carboxylic acids is 1. The van der Waals surface area contributed by atoms with Crippen LogP contribution in [0.3, 0.4) is 0 Å². The Labute approximate surface area is 184 Å². The number of carbonyl (C=O) groups is 1. The van der Waals surface area contributed by atoms with Crippen LogP contribution in [0.4, 0.5) is 9.52 Å². The van der Waals surface area contributed by atoms with Gasteiger partial charge in [0.2, 0.25) is 5.13 Å². The number of hydrogen-bond donors (Lipinski definition) is 0. The van der Waals surface area contributed by atoms with Crippen molar-refractivity contribution in [2.45, 2.75) is 0 Å². The van der Waals surface area contributed by atoms with E-state index in [0.717, 1.165) is 14.7 Å². The molecule has 4 rings (SSSR count). The average Bonchev–Trinajstić information content (AvgIpc) is 3.17. The molecule has 0 saturated heterocycles. The molecule has 0 aliphatic carbocycles. The first-order chi connectivity index (χ1) is 14.5.